The van der Waals surface area contributed by atoms with E-state index < -0.39 is 5.97 Å². The molecule has 0 aromatic heterocycles. The largest absolute Gasteiger partial charge is 0.478 e. The van der Waals surface area contributed by atoms with Crippen molar-refractivity contribution in [1.29, 1.82) is 0 Å². The molecule has 0 radical (unpaired) electrons. The normalized spacial score (nSPS) is 10.4. The summed E-state index contributed by atoms with van der Waals surface area (Å²) in [6.45, 7) is 0.918. The van der Waals surface area contributed by atoms with Crippen LogP contribution in [0.5, 0.6) is 0 Å². The van der Waals surface area contributed by atoms with Crippen LogP contribution in [0, 0.1) is 0 Å². The number of rotatable bonds is 7. The van der Waals surface area contributed by atoms with E-state index in [4.69, 9.17) is 0 Å². The van der Waals surface area contributed by atoms with Crippen molar-refractivity contribution in [2.45, 2.75) is 19.3 Å². The average Bonchev–Trinajstić information content (AvgIpc) is 2.51. The predicted octanol–water partition coefficient (Wildman–Crippen LogP) is 3.70. The topological polar surface area (TPSA) is 40.5 Å². The van der Waals surface area contributed by atoms with Gasteiger partial charge in [0.05, 0.1) is 5.56 Å². The van der Waals surface area contributed by atoms with Crippen LogP contribution in [-0.4, -0.2) is 36.6 Å². The highest BCUT2D eigenvalue weighted by Crippen LogP contribution is 2.19. The molecule has 0 aliphatic rings. The number of nitrogens with zero attached hydrogens (tertiary/aromatic N) is 1. The second-order valence-corrected chi connectivity index (χ2v) is 5.79. The molecule has 4 heteroatoms. The van der Waals surface area contributed by atoms with E-state index in [9.17, 15) is 9.90 Å². The molecule has 2 aromatic rings. The summed E-state index contributed by atoms with van der Waals surface area (Å²) in [5.74, 6) is -0.838. The highest BCUT2D eigenvalue weighted by atomic mass is 35.5. The minimum absolute atomic E-state index is 0. The highest BCUT2D eigenvalue weighted by Gasteiger charge is 2.14. The van der Waals surface area contributed by atoms with Crippen LogP contribution in [0.3, 0.4) is 0 Å². The van der Waals surface area contributed by atoms with Gasteiger partial charge in [-0.05, 0) is 56.1 Å². The Morgan fingerprint density at radius 1 is 0.957 bits per heavy atom. The Morgan fingerprint density at radius 2 is 1.65 bits per heavy atom. The molecular formula is C19H24ClNO2. The van der Waals surface area contributed by atoms with E-state index in [1.54, 1.807) is 6.07 Å². The Balaban J connectivity index is 0.00000264. The van der Waals surface area contributed by atoms with E-state index in [2.05, 4.69) is 23.1 Å². The summed E-state index contributed by atoms with van der Waals surface area (Å²) in [6, 6.07) is 15.8. The molecule has 0 saturated carbocycles. The summed E-state index contributed by atoms with van der Waals surface area (Å²) in [7, 11) is 4.06. The Hall–Kier alpha value is -1.84. The molecular weight excluding hydrogens is 310 g/mol. The fourth-order valence-corrected chi connectivity index (χ4v) is 2.62. The first kappa shape index (κ1) is 19.2. The van der Waals surface area contributed by atoms with Crippen LogP contribution in [0.15, 0.2) is 48.5 Å². The van der Waals surface area contributed by atoms with Crippen LogP contribution >= 0.6 is 12.4 Å². The molecule has 0 unspecified atom stereocenters. The first-order valence-electron chi connectivity index (χ1n) is 7.60. The zero-order valence-electron chi connectivity index (χ0n) is 13.7. The molecule has 1 N–H and O–H groups in total. The summed E-state index contributed by atoms with van der Waals surface area (Å²) in [6.07, 6.45) is 2.49. The summed E-state index contributed by atoms with van der Waals surface area (Å²) < 4.78 is 0. The molecule has 2 aromatic carbocycles. The highest BCUT2D eigenvalue weighted by molar-refractivity contribution is 5.89. The van der Waals surface area contributed by atoms with E-state index in [-0.39, 0.29) is 12.4 Å². The van der Waals surface area contributed by atoms with Gasteiger partial charge in [-0.3, -0.25) is 0 Å². The number of benzene rings is 2. The lowest BCUT2D eigenvalue weighted by Crippen LogP contribution is -2.17. The Kier molecular flexibility index (Phi) is 7.79. The molecule has 0 fully saturated rings. The van der Waals surface area contributed by atoms with Crippen molar-refractivity contribution in [2.24, 2.45) is 0 Å². The number of carboxylic acid groups (broad SMARTS) is 1. The van der Waals surface area contributed by atoms with Crippen LogP contribution in [-0.2, 0) is 19.3 Å². The van der Waals surface area contributed by atoms with Gasteiger partial charge in [0.15, 0.2) is 0 Å². The third kappa shape index (κ3) is 5.70. The van der Waals surface area contributed by atoms with Gasteiger partial charge in [-0.2, -0.15) is 0 Å². The Labute approximate surface area is 144 Å². The lowest BCUT2D eigenvalue weighted by molar-refractivity contribution is 0.0695. The van der Waals surface area contributed by atoms with E-state index in [0.717, 1.165) is 36.9 Å². The second kappa shape index (κ2) is 9.33. The van der Waals surface area contributed by atoms with E-state index in [0.29, 0.717) is 5.56 Å². The van der Waals surface area contributed by atoms with Crippen molar-refractivity contribution in [1.82, 2.24) is 4.90 Å². The number of aryl methyl sites for hydroxylation is 1. The molecule has 0 amide bonds. The zero-order valence-corrected chi connectivity index (χ0v) is 14.5. The number of halogens is 1. The SMILES string of the molecule is CN(C)CCc1cccc(C(=O)O)c1CCc1ccccc1.Cl. The van der Waals surface area contributed by atoms with Gasteiger partial charge < -0.3 is 10.0 Å². The minimum Gasteiger partial charge on any atom is -0.478 e. The number of carbonyl (C=O) groups is 1. The van der Waals surface area contributed by atoms with E-state index in [1.807, 2.05) is 38.4 Å². The minimum atomic E-state index is -0.838. The molecule has 0 bridgehead atoms. The maximum absolute atomic E-state index is 11.5. The van der Waals surface area contributed by atoms with Crippen molar-refractivity contribution in [3.63, 3.8) is 0 Å². The third-order valence-electron chi connectivity index (χ3n) is 3.84. The Morgan fingerprint density at radius 3 is 2.26 bits per heavy atom. The number of hydrogen-bond donors (Lipinski definition) is 1. The predicted molar refractivity (Wildman–Crippen MR) is 96.8 cm³/mol. The van der Waals surface area contributed by atoms with Crippen LogP contribution < -0.4 is 0 Å². The fourth-order valence-electron chi connectivity index (χ4n) is 2.62. The van der Waals surface area contributed by atoms with Crippen molar-refractivity contribution in [3.8, 4) is 0 Å². The molecule has 3 nitrogen and oxygen atoms in total. The van der Waals surface area contributed by atoms with Crippen LogP contribution in [0.4, 0.5) is 0 Å². The number of hydrogen-bond acceptors (Lipinski definition) is 2. The average molecular weight is 334 g/mol. The smallest absolute Gasteiger partial charge is 0.335 e. The molecule has 23 heavy (non-hydrogen) atoms. The summed E-state index contributed by atoms with van der Waals surface area (Å²) in [5.41, 5.74) is 3.79. The van der Waals surface area contributed by atoms with Gasteiger partial charge in [0, 0.05) is 6.54 Å². The van der Waals surface area contributed by atoms with Gasteiger partial charge >= 0.3 is 5.97 Å². The van der Waals surface area contributed by atoms with E-state index in [1.165, 1.54) is 5.56 Å². The maximum Gasteiger partial charge on any atom is 0.335 e. The molecule has 0 spiro atoms. The fraction of sp³-hybridized carbons (Fsp3) is 0.316. The summed E-state index contributed by atoms with van der Waals surface area (Å²) >= 11 is 0. The van der Waals surface area contributed by atoms with Crippen molar-refractivity contribution in [3.05, 3.63) is 70.8 Å². The van der Waals surface area contributed by atoms with Crippen LogP contribution in [0.1, 0.15) is 27.0 Å². The van der Waals surface area contributed by atoms with E-state index >= 15 is 0 Å². The van der Waals surface area contributed by atoms with Crippen molar-refractivity contribution < 1.29 is 9.90 Å². The maximum atomic E-state index is 11.5. The van der Waals surface area contributed by atoms with Crippen molar-refractivity contribution >= 4 is 18.4 Å². The number of carboxylic acids is 1. The number of aromatic carboxylic acids is 1. The lowest BCUT2D eigenvalue weighted by atomic mass is 9.93. The second-order valence-electron chi connectivity index (χ2n) is 5.79. The van der Waals surface area contributed by atoms with Gasteiger partial charge in [-0.15, -0.1) is 12.4 Å². The summed E-state index contributed by atoms with van der Waals surface area (Å²) in [5, 5.41) is 9.45. The molecule has 2 rings (SSSR count). The summed E-state index contributed by atoms with van der Waals surface area (Å²) in [4.78, 5) is 13.6. The quantitative estimate of drug-likeness (QED) is 0.840. The van der Waals surface area contributed by atoms with Gasteiger partial charge in [0.2, 0.25) is 0 Å². The molecule has 0 saturated heterocycles. The standard InChI is InChI=1S/C19H23NO2.ClH/c1-20(2)14-13-16-9-6-10-18(19(21)22)17(16)12-11-15-7-4-3-5-8-15;/h3-10H,11-14H2,1-2H3,(H,21,22);1H. The van der Waals surface area contributed by atoms with Gasteiger partial charge in [-0.1, -0.05) is 42.5 Å². The lowest BCUT2D eigenvalue weighted by Gasteiger charge is -2.15. The molecule has 0 aliphatic carbocycles. The van der Waals surface area contributed by atoms with Crippen LogP contribution in [0.25, 0.3) is 0 Å². The molecule has 0 heterocycles. The van der Waals surface area contributed by atoms with Gasteiger partial charge in [0.25, 0.3) is 0 Å². The first-order chi connectivity index (χ1) is 10.6. The van der Waals surface area contributed by atoms with Gasteiger partial charge in [-0.25, -0.2) is 4.79 Å². The molecule has 0 atom stereocenters. The Bertz CT molecular complexity index is 627. The van der Waals surface area contributed by atoms with Crippen molar-refractivity contribution in [2.75, 3.05) is 20.6 Å². The third-order valence-corrected chi connectivity index (χ3v) is 3.84. The monoisotopic (exact) mass is 333 g/mol. The zero-order chi connectivity index (χ0) is 15.9. The number of likely N-dealkylation sites (N-methyl/N-ethyl adjacent to an activating group) is 1. The van der Waals surface area contributed by atoms with Crippen LogP contribution in [0.2, 0.25) is 0 Å². The first-order valence-corrected chi connectivity index (χ1v) is 7.60. The van der Waals surface area contributed by atoms with Gasteiger partial charge in [0.1, 0.15) is 0 Å². The molecule has 124 valence electrons. The molecule has 0 aliphatic heterocycles.